The van der Waals surface area contributed by atoms with E-state index in [9.17, 15) is 17.2 Å². The molecule has 76 valence electrons. The second kappa shape index (κ2) is 4.06. The highest BCUT2D eigenvalue weighted by molar-refractivity contribution is 8.16. The first kappa shape index (κ1) is 11.1. The largest absolute Gasteiger partial charge is 0.254 e. The topological polar surface area (TPSA) is 34.1 Å². The third kappa shape index (κ3) is 3.43. The van der Waals surface area contributed by atoms with Crippen LogP contribution in [0.5, 0.6) is 0 Å². The van der Waals surface area contributed by atoms with Crippen molar-refractivity contribution >= 4 is 25.8 Å². The first-order valence-electron chi connectivity index (χ1n) is 3.46. The Kier molecular flexibility index (Phi) is 3.23. The van der Waals surface area contributed by atoms with Gasteiger partial charge in [0.1, 0.15) is 0 Å². The quantitative estimate of drug-likeness (QED) is 0.742. The third-order valence-corrected chi connectivity index (χ3v) is 2.14. The monoisotopic (exact) mass is 238 g/mol. The fraction of sp³-hybridized carbons (Fsp3) is 0. The van der Waals surface area contributed by atoms with Crippen LogP contribution in [0.2, 0.25) is 0 Å². The second-order valence-electron chi connectivity index (χ2n) is 2.45. The van der Waals surface area contributed by atoms with Gasteiger partial charge in [0.05, 0.1) is 0 Å². The minimum Gasteiger partial charge on any atom is -0.208 e. The summed E-state index contributed by atoms with van der Waals surface area (Å²) in [6.07, 6.45) is 1.07. The molecule has 1 aromatic carbocycles. The van der Waals surface area contributed by atoms with Crippen molar-refractivity contribution in [2.75, 3.05) is 0 Å². The number of benzene rings is 1. The highest BCUT2D eigenvalue weighted by Crippen LogP contribution is 2.11. The first-order chi connectivity index (χ1) is 6.38. The highest BCUT2D eigenvalue weighted by atomic mass is 35.7. The molecular formula is C8H5ClF2O2S. The summed E-state index contributed by atoms with van der Waals surface area (Å²) in [4.78, 5) is 0. The van der Waals surface area contributed by atoms with E-state index in [0.717, 1.165) is 18.2 Å². The van der Waals surface area contributed by atoms with Crippen LogP contribution in [0.15, 0.2) is 23.6 Å². The fourth-order valence-electron chi connectivity index (χ4n) is 0.776. The van der Waals surface area contributed by atoms with Gasteiger partial charge in [-0.05, 0) is 23.8 Å². The Morgan fingerprint density at radius 2 is 1.86 bits per heavy atom. The van der Waals surface area contributed by atoms with E-state index >= 15 is 0 Å². The van der Waals surface area contributed by atoms with Crippen LogP contribution in [-0.2, 0) is 9.05 Å². The Balaban J connectivity index is 3.00. The summed E-state index contributed by atoms with van der Waals surface area (Å²) in [5, 5.41) is 0.696. The second-order valence-corrected chi connectivity index (χ2v) is 4.97. The van der Waals surface area contributed by atoms with Gasteiger partial charge in [-0.3, -0.25) is 0 Å². The van der Waals surface area contributed by atoms with Gasteiger partial charge >= 0.3 is 0 Å². The summed E-state index contributed by atoms with van der Waals surface area (Å²) >= 11 is 0. The molecule has 6 heteroatoms. The molecule has 14 heavy (non-hydrogen) atoms. The van der Waals surface area contributed by atoms with Crippen molar-refractivity contribution in [2.45, 2.75) is 0 Å². The van der Waals surface area contributed by atoms with E-state index in [0.29, 0.717) is 5.41 Å². The van der Waals surface area contributed by atoms with Crippen LogP contribution in [0.25, 0.3) is 6.08 Å². The number of hydrogen-bond acceptors (Lipinski definition) is 2. The molecule has 0 heterocycles. The summed E-state index contributed by atoms with van der Waals surface area (Å²) in [7, 11) is 1.10. The summed E-state index contributed by atoms with van der Waals surface area (Å²) in [6.45, 7) is 0. The molecule has 1 rings (SSSR count). The molecule has 0 radical (unpaired) electrons. The van der Waals surface area contributed by atoms with Crippen molar-refractivity contribution in [1.82, 2.24) is 0 Å². The van der Waals surface area contributed by atoms with Crippen molar-refractivity contribution in [1.29, 1.82) is 0 Å². The van der Waals surface area contributed by atoms with Gasteiger partial charge in [-0.1, -0.05) is 6.07 Å². The lowest BCUT2D eigenvalue weighted by atomic mass is 10.2. The lowest BCUT2D eigenvalue weighted by Gasteiger charge is -1.94. The van der Waals surface area contributed by atoms with E-state index in [1.807, 2.05) is 0 Å². The van der Waals surface area contributed by atoms with Gasteiger partial charge in [0.15, 0.2) is 11.6 Å². The number of rotatable bonds is 2. The molecule has 0 bridgehead atoms. The van der Waals surface area contributed by atoms with Crippen molar-refractivity contribution in [2.24, 2.45) is 0 Å². The molecule has 0 spiro atoms. The smallest absolute Gasteiger partial charge is 0.208 e. The maximum Gasteiger partial charge on any atom is 0.254 e. The Morgan fingerprint density at radius 3 is 2.36 bits per heavy atom. The molecule has 2 nitrogen and oxygen atoms in total. The highest BCUT2D eigenvalue weighted by Gasteiger charge is 2.01. The Morgan fingerprint density at radius 1 is 1.21 bits per heavy atom. The zero-order valence-corrected chi connectivity index (χ0v) is 8.32. The Bertz CT molecular complexity index is 468. The summed E-state index contributed by atoms with van der Waals surface area (Å²) < 4.78 is 46.0. The van der Waals surface area contributed by atoms with E-state index in [2.05, 4.69) is 0 Å². The van der Waals surface area contributed by atoms with Gasteiger partial charge in [-0.15, -0.1) is 0 Å². The molecule has 0 unspecified atom stereocenters. The standard InChI is InChI=1S/C8H5ClF2O2S/c9-14(12,13)4-3-6-1-2-7(10)8(11)5-6/h1-5H/b4-3+. The maximum absolute atomic E-state index is 12.6. The van der Waals surface area contributed by atoms with Crippen molar-refractivity contribution in [3.8, 4) is 0 Å². The third-order valence-electron chi connectivity index (χ3n) is 1.37. The van der Waals surface area contributed by atoms with Crippen molar-refractivity contribution in [3.63, 3.8) is 0 Å². The first-order valence-corrected chi connectivity index (χ1v) is 5.83. The van der Waals surface area contributed by atoms with Gasteiger partial charge in [0.25, 0.3) is 9.05 Å². The van der Waals surface area contributed by atoms with E-state index in [1.165, 1.54) is 6.07 Å². The zero-order valence-electron chi connectivity index (χ0n) is 6.75. The predicted octanol–water partition coefficient (Wildman–Crippen LogP) is 2.50. The molecule has 0 saturated heterocycles. The molecule has 0 aliphatic heterocycles. The lowest BCUT2D eigenvalue weighted by molar-refractivity contribution is 0.508. The van der Waals surface area contributed by atoms with Crippen LogP contribution >= 0.6 is 10.7 Å². The molecule has 0 aliphatic rings. The van der Waals surface area contributed by atoms with E-state index in [1.54, 1.807) is 0 Å². The average molecular weight is 239 g/mol. The minimum atomic E-state index is -3.77. The van der Waals surface area contributed by atoms with E-state index < -0.39 is 20.7 Å². The SMILES string of the molecule is O=S(=O)(Cl)/C=C/c1ccc(F)c(F)c1. The van der Waals surface area contributed by atoms with Gasteiger partial charge < -0.3 is 0 Å². The molecule has 0 fully saturated rings. The number of halogens is 3. The molecular weight excluding hydrogens is 234 g/mol. The maximum atomic E-state index is 12.6. The Labute approximate surface area is 84.2 Å². The predicted molar refractivity (Wildman–Crippen MR) is 50.2 cm³/mol. The lowest BCUT2D eigenvalue weighted by Crippen LogP contribution is -1.85. The molecule has 0 N–H and O–H groups in total. The van der Waals surface area contributed by atoms with E-state index in [-0.39, 0.29) is 5.56 Å². The molecule has 0 aliphatic carbocycles. The van der Waals surface area contributed by atoms with Crippen LogP contribution in [0, 0.1) is 11.6 Å². The molecule has 0 atom stereocenters. The van der Waals surface area contributed by atoms with E-state index in [4.69, 9.17) is 10.7 Å². The van der Waals surface area contributed by atoms with Gasteiger partial charge in [-0.25, -0.2) is 17.2 Å². The summed E-state index contributed by atoms with van der Waals surface area (Å²) in [6, 6.07) is 3.00. The normalized spacial score (nSPS) is 12.2. The molecule has 1 aromatic rings. The molecule has 0 aromatic heterocycles. The summed E-state index contributed by atoms with van der Waals surface area (Å²) in [5.41, 5.74) is 0.216. The van der Waals surface area contributed by atoms with Gasteiger partial charge in [-0.2, -0.15) is 0 Å². The number of hydrogen-bond donors (Lipinski definition) is 0. The Hall–Kier alpha value is -0.940. The van der Waals surface area contributed by atoms with Gasteiger partial charge in [0, 0.05) is 16.1 Å². The molecule has 0 saturated carbocycles. The van der Waals surface area contributed by atoms with Crippen LogP contribution in [0.4, 0.5) is 8.78 Å². The minimum absolute atomic E-state index is 0.216. The van der Waals surface area contributed by atoms with Crippen LogP contribution in [0.1, 0.15) is 5.56 Å². The van der Waals surface area contributed by atoms with Crippen LogP contribution in [-0.4, -0.2) is 8.42 Å². The van der Waals surface area contributed by atoms with Crippen LogP contribution < -0.4 is 0 Å². The average Bonchev–Trinajstić information content (AvgIpc) is 2.06. The van der Waals surface area contributed by atoms with Gasteiger partial charge in [0.2, 0.25) is 0 Å². The molecule has 0 amide bonds. The zero-order chi connectivity index (χ0) is 10.8. The van der Waals surface area contributed by atoms with Crippen molar-refractivity contribution in [3.05, 3.63) is 40.8 Å². The van der Waals surface area contributed by atoms with Crippen molar-refractivity contribution < 1.29 is 17.2 Å². The van der Waals surface area contributed by atoms with Crippen LogP contribution in [0.3, 0.4) is 0 Å². The fourth-order valence-corrected chi connectivity index (χ4v) is 1.25. The summed E-state index contributed by atoms with van der Waals surface area (Å²) in [5.74, 6) is -2.03.